The summed E-state index contributed by atoms with van der Waals surface area (Å²) in [4.78, 5) is 7.62. The van der Waals surface area contributed by atoms with E-state index in [1.807, 2.05) is 13.8 Å². The minimum absolute atomic E-state index is 0.260. The van der Waals surface area contributed by atoms with Gasteiger partial charge in [0.1, 0.15) is 12.0 Å². The Morgan fingerprint density at radius 1 is 1.50 bits per heavy atom. The van der Waals surface area contributed by atoms with Crippen LogP contribution in [0.15, 0.2) is 6.33 Å². The van der Waals surface area contributed by atoms with Gasteiger partial charge in [-0.05, 0) is 13.8 Å². The van der Waals surface area contributed by atoms with E-state index in [1.165, 1.54) is 6.33 Å². The highest BCUT2D eigenvalue weighted by Crippen LogP contribution is 2.23. The molecule has 0 fully saturated rings. The highest BCUT2D eigenvalue weighted by molar-refractivity contribution is 6.32. The molecule has 1 aromatic heterocycles. The lowest BCUT2D eigenvalue weighted by Gasteiger charge is -2.11. The molecule has 0 saturated heterocycles. The van der Waals surface area contributed by atoms with Crippen LogP contribution in [0.2, 0.25) is 5.15 Å². The number of nitrogen functional groups attached to an aromatic ring is 1. The normalized spacial score (nSPS) is 10.3. The molecule has 66 valence electrons. The monoisotopic (exact) mass is 186 g/mol. The molecular formula is C7H11ClN4. The molecule has 0 unspecified atom stereocenters. The van der Waals surface area contributed by atoms with Crippen molar-refractivity contribution in [2.75, 3.05) is 11.1 Å². The standard InChI is InChI=1S/C7H11ClN4/c1-4(2)12-5-6(8)10-3-11-7(5)9/h3-4,12H,1-2H3,(H2,9,10,11). The van der Waals surface area contributed by atoms with Gasteiger partial charge in [0, 0.05) is 6.04 Å². The van der Waals surface area contributed by atoms with Gasteiger partial charge in [-0.1, -0.05) is 11.6 Å². The van der Waals surface area contributed by atoms with Crippen LogP contribution < -0.4 is 11.1 Å². The first-order valence-corrected chi connectivity index (χ1v) is 4.01. The van der Waals surface area contributed by atoms with Crippen LogP contribution in [-0.4, -0.2) is 16.0 Å². The Balaban J connectivity index is 2.96. The highest BCUT2D eigenvalue weighted by atomic mass is 35.5. The van der Waals surface area contributed by atoms with Crippen LogP contribution in [0.1, 0.15) is 13.8 Å². The van der Waals surface area contributed by atoms with Crippen molar-refractivity contribution in [3.63, 3.8) is 0 Å². The van der Waals surface area contributed by atoms with Gasteiger partial charge in [0.25, 0.3) is 0 Å². The molecule has 0 radical (unpaired) electrons. The zero-order chi connectivity index (χ0) is 9.14. The lowest BCUT2D eigenvalue weighted by atomic mass is 10.3. The number of nitrogens with one attached hydrogen (secondary N) is 1. The topological polar surface area (TPSA) is 63.8 Å². The van der Waals surface area contributed by atoms with Crippen LogP contribution in [0.5, 0.6) is 0 Å². The van der Waals surface area contributed by atoms with Gasteiger partial charge in [-0.15, -0.1) is 0 Å². The molecule has 12 heavy (non-hydrogen) atoms. The second-order valence-corrected chi connectivity index (χ2v) is 3.08. The summed E-state index contributed by atoms with van der Waals surface area (Å²) in [6.45, 7) is 3.98. The van der Waals surface area contributed by atoms with E-state index in [-0.39, 0.29) is 6.04 Å². The molecule has 0 amide bonds. The predicted octanol–water partition coefficient (Wildman–Crippen LogP) is 1.53. The van der Waals surface area contributed by atoms with Gasteiger partial charge in [0.2, 0.25) is 0 Å². The molecule has 0 bridgehead atoms. The molecule has 3 N–H and O–H groups in total. The van der Waals surface area contributed by atoms with Crippen molar-refractivity contribution in [2.24, 2.45) is 0 Å². The highest BCUT2D eigenvalue weighted by Gasteiger charge is 2.06. The number of nitrogens with zero attached hydrogens (tertiary/aromatic N) is 2. The number of rotatable bonds is 2. The molecule has 0 saturated carbocycles. The number of hydrogen-bond acceptors (Lipinski definition) is 4. The molecule has 0 aliphatic heterocycles. The molecule has 1 rings (SSSR count). The molecule has 0 aromatic carbocycles. The van der Waals surface area contributed by atoms with Crippen LogP contribution >= 0.6 is 11.6 Å². The van der Waals surface area contributed by atoms with E-state index < -0.39 is 0 Å². The maximum Gasteiger partial charge on any atom is 0.157 e. The first-order chi connectivity index (χ1) is 5.61. The Hall–Kier alpha value is -1.03. The zero-order valence-electron chi connectivity index (χ0n) is 7.00. The summed E-state index contributed by atoms with van der Waals surface area (Å²) in [6, 6.07) is 0.260. The fourth-order valence-electron chi connectivity index (χ4n) is 0.799. The summed E-state index contributed by atoms with van der Waals surface area (Å²) >= 11 is 5.78. The summed E-state index contributed by atoms with van der Waals surface area (Å²) in [5.41, 5.74) is 6.18. The third-order valence-electron chi connectivity index (χ3n) is 1.26. The quantitative estimate of drug-likeness (QED) is 0.688. The maximum absolute atomic E-state index is 5.78. The van der Waals surface area contributed by atoms with Crippen molar-refractivity contribution in [3.8, 4) is 0 Å². The van der Waals surface area contributed by atoms with E-state index in [0.29, 0.717) is 16.7 Å². The average Bonchev–Trinajstić information content (AvgIpc) is 1.97. The predicted molar refractivity (Wildman–Crippen MR) is 50.2 cm³/mol. The number of anilines is 2. The third kappa shape index (κ3) is 1.98. The molecule has 0 spiro atoms. The molecule has 0 aliphatic rings. The molecule has 4 nitrogen and oxygen atoms in total. The summed E-state index contributed by atoms with van der Waals surface area (Å²) in [5, 5.41) is 3.42. The largest absolute Gasteiger partial charge is 0.382 e. The molecule has 1 heterocycles. The van der Waals surface area contributed by atoms with Gasteiger partial charge in [-0.3, -0.25) is 0 Å². The van der Waals surface area contributed by atoms with Crippen LogP contribution in [-0.2, 0) is 0 Å². The van der Waals surface area contributed by atoms with Gasteiger partial charge in [0.15, 0.2) is 11.0 Å². The van der Waals surface area contributed by atoms with E-state index in [0.717, 1.165) is 0 Å². The molecule has 0 atom stereocenters. The van der Waals surface area contributed by atoms with Gasteiger partial charge in [0.05, 0.1) is 0 Å². The van der Waals surface area contributed by atoms with Crippen LogP contribution in [0.25, 0.3) is 0 Å². The maximum atomic E-state index is 5.78. The minimum atomic E-state index is 0.260. The zero-order valence-corrected chi connectivity index (χ0v) is 7.76. The van der Waals surface area contributed by atoms with E-state index in [1.54, 1.807) is 0 Å². The SMILES string of the molecule is CC(C)Nc1c(N)ncnc1Cl. The molecule has 5 heteroatoms. The number of nitrogens with two attached hydrogens (primary N) is 1. The Morgan fingerprint density at radius 3 is 2.67 bits per heavy atom. The van der Waals surface area contributed by atoms with E-state index in [9.17, 15) is 0 Å². The molecular weight excluding hydrogens is 176 g/mol. The summed E-state index contributed by atoms with van der Waals surface area (Å²) in [7, 11) is 0. The fraction of sp³-hybridized carbons (Fsp3) is 0.429. The smallest absolute Gasteiger partial charge is 0.157 e. The van der Waals surface area contributed by atoms with Crippen LogP contribution in [0.4, 0.5) is 11.5 Å². The first-order valence-electron chi connectivity index (χ1n) is 3.63. The third-order valence-corrected chi connectivity index (χ3v) is 1.55. The van der Waals surface area contributed by atoms with Crippen molar-refractivity contribution in [2.45, 2.75) is 19.9 Å². The minimum Gasteiger partial charge on any atom is -0.382 e. The molecule has 0 aliphatic carbocycles. The number of hydrogen-bond donors (Lipinski definition) is 2. The van der Waals surface area contributed by atoms with Crippen LogP contribution in [0, 0.1) is 0 Å². The Morgan fingerprint density at radius 2 is 2.17 bits per heavy atom. The van der Waals surface area contributed by atoms with Crippen molar-refractivity contribution >= 4 is 23.1 Å². The number of halogens is 1. The molecule has 1 aromatic rings. The summed E-state index contributed by atoms with van der Waals surface area (Å²) < 4.78 is 0. The summed E-state index contributed by atoms with van der Waals surface area (Å²) in [5.74, 6) is 0.378. The average molecular weight is 187 g/mol. The lowest BCUT2D eigenvalue weighted by molar-refractivity contribution is 0.895. The Kier molecular flexibility index (Phi) is 2.70. The number of aromatic nitrogens is 2. The van der Waals surface area contributed by atoms with E-state index in [4.69, 9.17) is 17.3 Å². The van der Waals surface area contributed by atoms with Gasteiger partial charge < -0.3 is 11.1 Å². The van der Waals surface area contributed by atoms with Crippen molar-refractivity contribution in [1.29, 1.82) is 0 Å². The Bertz CT molecular complexity index is 254. The van der Waals surface area contributed by atoms with E-state index in [2.05, 4.69) is 15.3 Å². The van der Waals surface area contributed by atoms with E-state index >= 15 is 0 Å². The first kappa shape index (κ1) is 9.06. The van der Waals surface area contributed by atoms with Crippen molar-refractivity contribution in [3.05, 3.63) is 11.5 Å². The van der Waals surface area contributed by atoms with Gasteiger partial charge in [-0.25, -0.2) is 9.97 Å². The van der Waals surface area contributed by atoms with Gasteiger partial charge >= 0.3 is 0 Å². The van der Waals surface area contributed by atoms with Crippen molar-refractivity contribution in [1.82, 2.24) is 9.97 Å². The second kappa shape index (κ2) is 3.58. The second-order valence-electron chi connectivity index (χ2n) is 2.72. The Labute approximate surface area is 76.2 Å². The fourth-order valence-corrected chi connectivity index (χ4v) is 0.994. The van der Waals surface area contributed by atoms with Crippen LogP contribution in [0.3, 0.4) is 0 Å². The van der Waals surface area contributed by atoms with Crippen molar-refractivity contribution < 1.29 is 0 Å². The lowest BCUT2D eigenvalue weighted by Crippen LogP contribution is -2.13. The van der Waals surface area contributed by atoms with Gasteiger partial charge in [-0.2, -0.15) is 0 Å². The summed E-state index contributed by atoms with van der Waals surface area (Å²) in [6.07, 6.45) is 1.34.